The Morgan fingerprint density at radius 2 is 1.92 bits per heavy atom. The van der Waals surface area contributed by atoms with Gasteiger partial charge >= 0.3 is 0 Å². The minimum atomic E-state index is -0.772. The van der Waals surface area contributed by atoms with Crippen LogP contribution in [0, 0.1) is 0 Å². The Balaban J connectivity index is 2.25. The molecule has 0 radical (unpaired) electrons. The van der Waals surface area contributed by atoms with Crippen molar-refractivity contribution in [1.29, 1.82) is 0 Å². The molecule has 0 aliphatic carbocycles. The summed E-state index contributed by atoms with van der Waals surface area (Å²) in [4.78, 5) is 0. The lowest BCUT2D eigenvalue weighted by molar-refractivity contribution is -0.325. The maximum Gasteiger partial charge on any atom is 0.184 e. The molecule has 0 saturated carbocycles. The Labute approximate surface area is 72.7 Å². The van der Waals surface area contributed by atoms with Crippen LogP contribution >= 0.6 is 0 Å². The topological polar surface area (TPSA) is 38.7 Å². The van der Waals surface area contributed by atoms with Gasteiger partial charge in [0.25, 0.3) is 0 Å². The van der Waals surface area contributed by atoms with Crippen molar-refractivity contribution in [2.45, 2.75) is 57.2 Å². The molecule has 3 atom stereocenters. The van der Waals surface area contributed by atoms with Gasteiger partial charge in [-0.05, 0) is 33.6 Å². The first-order valence-corrected chi connectivity index (χ1v) is 4.48. The third-order valence-corrected chi connectivity index (χ3v) is 3.03. The first-order chi connectivity index (χ1) is 5.44. The molecule has 2 aliphatic rings. The summed E-state index contributed by atoms with van der Waals surface area (Å²) in [6.45, 7) is 5.84. The van der Waals surface area contributed by atoms with E-state index in [2.05, 4.69) is 0 Å². The van der Waals surface area contributed by atoms with E-state index in [0.717, 1.165) is 12.8 Å². The van der Waals surface area contributed by atoms with E-state index < -0.39 is 11.9 Å². The molecule has 2 bridgehead atoms. The summed E-state index contributed by atoms with van der Waals surface area (Å²) < 4.78 is 11.2. The van der Waals surface area contributed by atoms with Crippen molar-refractivity contribution >= 4 is 0 Å². The quantitative estimate of drug-likeness (QED) is 0.593. The van der Waals surface area contributed by atoms with Crippen molar-refractivity contribution in [3.05, 3.63) is 0 Å². The molecule has 2 saturated heterocycles. The van der Waals surface area contributed by atoms with Gasteiger partial charge < -0.3 is 14.6 Å². The number of ether oxygens (including phenoxy) is 2. The smallest absolute Gasteiger partial charge is 0.184 e. The molecule has 2 rings (SSSR count). The number of fused-ring (bicyclic) bond motifs is 2. The van der Waals surface area contributed by atoms with E-state index in [1.54, 1.807) is 0 Å². The van der Waals surface area contributed by atoms with E-state index >= 15 is 0 Å². The van der Waals surface area contributed by atoms with Crippen LogP contribution in [0.25, 0.3) is 0 Å². The predicted molar refractivity (Wildman–Crippen MR) is 43.7 cm³/mol. The van der Waals surface area contributed by atoms with Gasteiger partial charge in [0.2, 0.25) is 0 Å². The van der Waals surface area contributed by atoms with Crippen LogP contribution in [0.1, 0.15) is 33.6 Å². The van der Waals surface area contributed by atoms with E-state index in [-0.39, 0.29) is 11.7 Å². The van der Waals surface area contributed by atoms with E-state index in [0.29, 0.717) is 0 Å². The normalized spacial score (nSPS) is 51.0. The minimum Gasteiger partial charge on any atom is -0.366 e. The summed E-state index contributed by atoms with van der Waals surface area (Å²) in [7, 11) is 0. The second kappa shape index (κ2) is 2.22. The predicted octanol–water partition coefficient (Wildman–Crippen LogP) is 1.05. The number of aliphatic hydroxyl groups is 1. The summed E-state index contributed by atoms with van der Waals surface area (Å²) in [6.07, 6.45) is 1.25. The summed E-state index contributed by atoms with van der Waals surface area (Å²) in [6, 6.07) is 0. The van der Waals surface area contributed by atoms with Gasteiger partial charge in [-0.25, -0.2) is 0 Å². The molecule has 1 unspecified atom stereocenters. The second-order valence-corrected chi connectivity index (χ2v) is 4.53. The van der Waals surface area contributed by atoms with Crippen LogP contribution in [0.4, 0.5) is 0 Å². The fourth-order valence-electron chi connectivity index (χ4n) is 2.02. The van der Waals surface area contributed by atoms with Gasteiger partial charge in [-0.1, -0.05) is 0 Å². The molecule has 0 aromatic carbocycles. The van der Waals surface area contributed by atoms with E-state index in [9.17, 15) is 5.11 Å². The highest BCUT2D eigenvalue weighted by molar-refractivity contribution is 4.99. The molecule has 0 aromatic heterocycles. The molecule has 70 valence electrons. The van der Waals surface area contributed by atoms with Gasteiger partial charge in [0.1, 0.15) is 5.60 Å². The van der Waals surface area contributed by atoms with Gasteiger partial charge in [0.05, 0.1) is 11.7 Å². The van der Waals surface area contributed by atoms with Crippen molar-refractivity contribution in [3.8, 4) is 0 Å². The standard InChI is InChI=1S/C9H16O3/c1-8(2)6-4-5-9(3,11-6)7(10)12-8/h6-7,10H,4-5H2,1-3H3/t6-,7?,9+/m0/s1. The zero-order valence-corrected chi connectivity index (χ0v) is 7.83. The molecular weight excluding hydrogens is 156 g/mol. The lowest BCUT2D eigenvalue weighted by Gasteiger charge is -2.43. The Kier molecular flexibility index (Phi) is 1.57. The summed E-state index contributed by atoms with van der Waals surface area (Å²) in [5.41, 5.74) is -0.796. The zero-order chi connectivity index (χ0) is 8.98. The van der Waals surface area contributed by atoms with Gasteiger partial charge in [-0.3, -0.25) is 0 Å². The Bertz CT molecular complexity index is 202. The van der Waals surface area contributed by atoms with Gasteiger partial charge in [-0.2, -0.15) is 0 Å². The fraction of sp³-hybridized carbons (Fsp3) is 1.00. The highest BCUT2D eigenvalue weighted by Gasteiger charge is 2.54. The Morgan fingerprint density at radius 3 is 2.58 bits per heavy atom. The average molecular weight is 172 g/mol. The molecule has 3 heteroatoms. The number of hydrogen-bond acceptors (Lipinski definition) is 3. The molecule has 3 nitrogen and oxygen atoms in total. The van der Waals surface area contributed by atoms with Crippen molar-refractivity contribution in [2.75, 3.05) is 0 Å². The van der Waals surface area contributed by atoms with Crippen LogP contribution in [0.15, 0.2) is 0 Å². The Hall–Kier alpha value is -0.120. The van der Waals surface area contributed by atoms with Crippen LogP contribution in [0.5, 0.6) is 0 Å². The van der Waals surface area contributed by atoms with Gasteiger partial charge in [-0.15, -0.1) is 0 Å². The summed E-state index contributed by atoms with van der Waals surface area (Å²) >= 11 is 0. The monoisotopic (exact) mass is 172 g/mol. The van der Waals surface area contributed by atoms with Crippen molar-refractivity contribution in [3.63, 3.8) is 0 Å². The largest absolute Gasteiger partial charge is 0.366 e. The molecule has 2 fully saturated rings. The zero-order valence-electron chi connectivity index (χ0n) is 7.83. The van der Waals surface area contributed by atoms with E-state index in [1.165, 1.54) is 0 Å². The first-order valence-electron chi connectivity index (χ1n) is 4.48. The maximum absolute atomic E-state index is 9.64. The highest BCUT2D eigenvalue weighted by Crippen LogP contribution is 2.44. The van der Waals surface area contributed by atoms with E-state index in [1.807, 2.05) is 20.8 Å². The summed E-state index contributed by atoms with van der Waals surface area (Å²) in [5.74, 6) is 0. The van der Waals surface area contributed by atoms with Crippen molar-refractivity contribution in [2.24, 2.45) is 0 Å². The van der Waals surface area contributed by atoms with Gasteiger partial charge in [0, 0.05) is 0 Å². The lowest BCUT2D eigenvalue weighted by atomic mass is 9.99. The Morgan fingerprint density at radius 1 is 1.25 bits per heavy atom. The third-order valence-electron chi connectivity index (χ3n) is 3.03. The molecule has 2 aliphatic heterocycles. The van der Waals surface area contributed by atoms with Crippen LogP contribution < -0.4 is 0 Å². The maximum atomic E-state index is 9.64. The molecule has 2 heterocycles. The average Bonchev–Trinajstić information content (AvgIpc) is 2.28. The highest BCUT2D eigenvalue weighted by atomic mass is 16.7. The molecule has 1 N–H and O–H groups in total. The number of hydrogen-bond donors (Lipinski definition) is 1. The van der Waals surface area contributed by atoms with Crippen LogP contribution in [0.2, 0.25) is 0 Å². The molecule has 0 amide bonds. The molecule has 0 spiro atoms. The second-order valence-electron chi connectivity index (χ2n) is 4.53. The van der Waals surface area contributed by atoms with Crippen molar-refractivity contribution in [1.82, 2.24) is 0 Å². The van der Waals surface area contributed by atoms with Crippen LogP contribution in [-0.2, 0) is 9.47 Å². The number of aliphatic hydroxyl groups excluding tert-OH is 1. The van der Waals surface area contributed by atoms with E-state index in [4.69, 9.17) is 9.47 Å². The van der Waals surface area contributed by atoms with Crippen LogP contribution in [-0.4, -0.2) is 28.7 Å². The fourth-order valence-corrected chi connectivity index (χ4v) is 2.02. The molecular formula is C9H16O3. The van der Waals surface area contributed by atoms with Crippen LogP contribution in [0.3, 0.4) is 0 Å². The molecule has 12 heavy (non-hydrogen) atoms. The summed E-state index contributed by atoms with van der Waals surface area (Å²) in [5, 5.41) is 9.64. The third kappa shape index (κ3) is 1.00. The van der Waals surface area contributed by atoms with Gasteiger partial charge in [0.15, 0.2) is 6.29 Å². The molecule has 0 aromatic rings. The van der Waals surface area contributed by atoms with Crippen molar-refractivity contribution < 1.29 is 14.6 Å². The lowest BCUT2D eigenvalue weighted by Crippen LogP contribution is -2.55. The minimum absolute atomic E-state index is 0.144. The number of rotatable bonds is 0. The first kappa shape index (κ1) is 8.48. The SMILES string of the molecule is CC1(C)OC(O)[C@@]2(C)CC[C@@H]1O2.